The van der Waals surface area contributed by atoms with E-state index >= 15 is 0 Å². The molecule has 1 nitrogen and oxygen atoms in total. The van der Waals surface area contributed by atoms with E-state index in [4.69, 9.17) is 0 Å². The molecule has 4 unspecified atom stereocenters. The topological polar surface area (TPSA) is 12.0 Å². The van der Waals surface area contributed by atoms with Gasteiger partial charge in [0, 0.05) is 0 Å². The summed E-state index contributed by atoms with van der Waals surface area (Å²) in [6.07, 6.45) is 0. The van der Waals surface area contributed by atoms with Gasteiger partial charge in [-0.3, -0.25) is 0 Å². The number of para-hydroxylation sites is 1. The first-order valence-electron chi connectivity index (χ1n) is 7.67. The van der Waals surface area contributed by atoms with Crippen LogP contribution in [0.2, 0.25) is 43.3 Å². The average Bonchev–Trinajstić information content (AvgIpc) is 3.34. The van der Waals surface area contributed by atoms with Crippen LogP contribution in [0, 0.1) is 0 Å². The second-order valence-corrected chi connectivity index (χ2v) is 34.7. The van der Waals surface area contributed by atoms with Crippen molar-refractivity contribution in [3.63, 3.8) is 0 Å². The quantitative estimate of drug-likeness (QED) is 0.790. The van der Waals surface area contributed by atoms with Crippen molar-refractivity contribution in [1.82, 2.24) is 0 Å². The van der Waals surface area contributed by atoms with Crippen LogP contribution in [0.15, 0.2) is 30.3 Å². The van der Waals surface area contributed by atoms with Gasteiger partial charge in [0.15, 0.2) is 0 Å². The van der Waals surface area contributed by atoms with Gasteiger partial charge in [0.1, 0.15) is 0 Å². The van der Waals surface area contributed by atoms with Crippen LogP contribution in [0.3, 0.4) is 0 Å². The molecule has 0 saturated carbocycles. The minimum absolute atomic E-state index is 0.848. The van der Waals surface area contributed by atoms with E-state index in [9.17, 15) is 0 Å². The van der Waals surface area contributed by atoms with E-state index in [-0.39, 0.29) is 0 Å². The molecule has 1 aromatic carbocycles. The van der Waals surface area contributed by atoms with Crippen molar-refractivity contribution < 1.29 is 6.51 Å². The van der Waals surface area contributed by atoms with Gasteiger partial charge in [-0.1, -0.05) is 0 Å². The van der Waals surface area contributed by atoms with Gasteiger partial charge in [-0.15, -0.1) is 0 Å². The first kappa shape index (κ1) is 6.33. The molecule has 0 radical (unpaired) electrons. The summed E-state index contributed by atoms with van der Waals surface area (Å²) in [5.74, 6) is 0. The normalized spacial score (nSPS) is 113. The first-order chi connectivity index (χ1) is 8.62. The Morgan fingerprint density at radius 1 is 0.778 bits per heavy atom. The van der Waals surface area contributed by atoms with Gasteiger partial charge >= 0.3 is 95.6 Å². The molecule has 10 saturated heterocycles. The van der Waals surface area contributed by atoms with E-state index < -0.39 is 6.51 Å². The number of fused-ring (bicyclic) bond motifs is 10. The van der Waals surface area contributed by atoms with E-state index in [1.54, 1.807) is 0 Å². The van der Waals surface area contributed by atoms with Crippen molar-refractivity contribution in [3.05, 3.63) is 30.3 Å². The maximum absolute atomic E-state index is 4.23. The first-order valence-corrected chi connectivity index (χ1v) is 14.0. The zero-order chi connectivity index (χ0) is 10.8. The Kier molecular flexibility index (Phi) is 0.187. The second kappa shape index (κ2) is 0.533. The summed E-state index contributed by atoms with van der Waals surface area (Å²) < 4.78 is 0.848. The SMILES string of the molecule is c1ccc(N[C]23[CH]4[CH]5[CH]6[CH]2[Fe]56432789[CH]3[CH]2[CH]7[CH]8[CH]39)cc1. The fourth-order valence-electron chi connectivity index (χ4n) is 17.2. The minimum atomic E-state index is -2.86. The van der Waals surface area contributed by atoms with Crippen LogP contribution in [0.4, 0.5) is 5.69 Å². The zero-order valence-corrected chi connectivity index (χ0v) is 11.0. The number of hydrogen-bond acceptors (Lipinski definition) is 1. The van der Waals surface area contributed by atoms with Crippen LogP contribution < -0.4 is 5.32 Å². The molecular formula is C16H15FeN. The summed E-state index contributed by atoms with van der Waals surface area (Å²) in [7, 11) is 0. The van der Waals surface area contributed by atoms with Crippen molar-refractivity contribution in [3.8, 4) is 0 Å². The monoisotopic (exact) mass is 277 g/mol. The van der Waals surface area contributed by atoms with Crippen LogP contribution in [0.25, 0.3) is 0 Å². The maximum atomic E-state index is 4.23. The van der Waals surface area contributed by atoms with Gasteiger partial charge in [-0.25, -0.2) is 0 Å². The number of hydrogen-bond donors (Lipinski definition) is 1. The molecule has 11 rings (SSSR count). The predicted octanol–water partition coefficient (Wildman–Crippen LogP) is 4.40. The Morgan fingerprint density at radius 2 is 1.33 bits per heavy atom. The standard InChI is InChI=1S/C11H10N.C5H5.Fe/c1-2-6-10(7-3-1)12-11-8-4-5-9-11;1-2-4-5-3-1;/h1-9,12H;1-5H;. The molecule has 92 valence electrons. The molecule has 1 N–H and O–H groups in total. The molecule has 2 heteroatoms. The van der Waals surface area contributed by atoms with Crippen molar-refractivity contribution in [2.75, 3.05) is 5.32 Å². The van der Waals surface area contributed by atoms with E-state index in [0.717, 1.165) is 4.44 Å². The average molecular weight is 277 g/mol. The van der Waals surface area contributed by atoms with Gasteiger partial charge < -0.3 is 0 Å². The van der Waals surface area contributed by atoms with Crippen LogP contribution in [0.5, 0.6) is 0 Å². The number of rotatable bonds is 2. The summed E-state index contributed by atoms with van der Waals surface area (Å²) in [5.41, 5.74) is 1.46. The molecule has 18 heavy (non-hydrogen) atoms. The summed E-state index contributed by atoms with van der Waals surface area (Å²) in [5, 5.41) is 4.23. The molecule has 0 bridgehead atoms. The fourth-order valence-corrected chi connectivity index (χ4v) is 90.3. The third-order valence-corrected chi connectivity index (χ3v) is 58.0. The third-order valence-electron chi connectivity index (χ3n) is 15.8. The number of nitrogens with one attached hydrogen (secondary N) is 1. The van der Waals surface area contributed by atoms with Gasteiger partial charge in [0.05, 0.1) is 0 Å². The molecular weight excluding hydrogens is 262 g/mol. The molecule has 10 fully saturated rings. The van der Waals surface area contributed by atoms with Crippen LogP contribution in [0.1, 0.15) is 0 Å². The Hall–Kier alpha value is -0.461. The van der Waals surface area contributed by atoms with Crippen molar-refractivity contribution in [1.29, 1.82) is 0 Å². The summed E-state index contributed by atoms with van der Waals surface area (Å²) in [6, 6.07) is 11.2. The van der Waals surface area contributed by atoms with Gasteiger partial charge in [0.25, 0.3) is 0 Å². The number of benzene rings is 1. The van der Waals surface area contributed by atoms with Crippen molar-refractivity contribution in [2.45, 2.75) is 47.8 Å². The van der Waals surface area contributed by atoms with Crippen LogP contribution in [-0.4, -0.2) is 4.44 Å². The molecule has 1 aromatic rings. The molecule has 0 aliphatic carbocycles. The summed E-state index contributed by atoms with van der Waals surface area (Å²) in [6.45, 7) is -2.86. The van der Waals surface area contributed by atoms with Gasteiger partial charge in [-0.05, 0) is 0 Å². The zero-order valence-electron chi connectivity index (χ0n) is 9.94. The molecule has 1 spiro atoms. The second-order valence-electron chi connectivity index (χ2n) is 11.2. The Balaban J connectivity index is 1.43. The molecule has 10 aliphatic heterocycles. The molecule has 0 amide bonds. The van der Waals surface area contributed by atoms with Gasteiger partial charge in [0.2, 0.25) is 0 Å². The van der Waals surface area contributed by atoms with Crippen molar-refractivity contribution in [2.24, 2.45) is 0 Å². The van der Waals surface area contributed by atoms with E-state index in [2.05, 4.69) is 35.6 Å². The number of anilines is 1. The molecule has 10 heterocycles. The Bertz CT molecular complexity index is 1040. The van der Waals surface area contributed by atoms with Gasteiger partial charge in [-0.2, -0.15) is 0 Å². The predicted molar refractivity (Wildman–Crippen MR) is 66.5 cm³/mol. The van der Waals surface area contributed by atoms with E-state index in [1.807, 2.05) is 0 Å². The molecule has 0 aromatic heterocycles. The molecule has 4 atom stereocenters. The fraction of sp³-hybridized carbons (Fsp3) is 0.625. The van der Waals surface area contributed by atoms with Crippen molar-refractivity contribution >= 4 is 5.69 Å². The third kappa shape index (κ3) is 0.0646. The Labute approximate surface area is 95.6 Å². The summed E-state index contributed by atoms with van der Waals surface area (Å²) >= 11 is 0. The van der Waals surface area contributed by atoms with E-state index in [0.29, 0.717) is 0 Å². The van der Waals surface area contributed by atoms with E-state index in [1.165, 1.54) is 49.0 Å². The molecule has 10 aliphatic rings. The summed E-state index contributed by atoms with van der Waals surface area (Å²) in [4.78, 5) is 12.8. The van der Waals surface area contributed by atoms with Crippen LogP contribution >= 0.6 is 0 Å². The Morgan fingerprint density at radius 3 is 1.72 bits per heavy atom. The van der Waals surface area contributed by atoms with Crippen LogP contribution in [-0.2, 0) is 6.51 Å².